The number of hydrogen-bond donors (Lipinski definition) is 3. The zero-order valence-corrected chi connectivity index (χ0v) is 16.7. The summed E-state index contributed by atoms with van der Waals surface area (Å²) in [5.74, 6) is -0.330. The zero-order chi connectivity index (χ0) is 20.9. The van der Waals surface area contributed by atoms with Crippen molar-refractivity contribution >= 4 is 5.91 Å². The van der Waals surface area contributed by atoms with Gasteiger partial charge >= 0.3 is 5.69 Å². The Morgan fingerprint density at radius 3 is 2.43 bits per heavy atom. The monoisotopic (exact) mass is 408 g/mol. The fourth-order valence-corrected chi connectivity index (χ4v) is 3.90. The minimum absolute atomic E-state index is 0.0251. The van der Waals surface area contributed by atoms with Gasteiger partial charge in [0.25, 0.3) is 5.91 Å². The average Bonchev–Trinajstić information content (AvgIpc) is 3.15. The minimum atomic E-state index is -0.305. The number of aromatic amines is 2. The Hall–Kier alpha value is -3.19. The van der Waals surface area contributed by atoms with Gasteiger partial charge in [0, 0.05) is 48.9 Å². The van der Waals surface area contributed by atoms with Crippen LogP contribution in [0, 0.1) is 5.82 Å². The first-order valence-corrected chi connectivity index (χ1v) is 10.2. The molecular weight excluding hydrogens is 383 g/mol. The third kappa shape index (κ3) is 4.86. The van der Waals surface area contributed by atoms with Crippen LogP contribution in [0.2, 0.25) is 0 Å². The average molecular weight is 408 g/mol. The SMILES string of the molecule is O=C(NC1CCN(CCc2[nH]c(=O)[nH]c2-c2ccc(F)cc2)CC1)c1ccccc1. The third-order valence-corrected chi connectivity index (χ3v) is 5.57. The third-order valence-electron chi connectivity index (χ3n) is 5.57. The Balaban J connectivity index is 1.30. The highest BCUT2D eigenvalue weighted by Crippen LogP contribution is 2.20. The molecule has 7 heteroatoms. The number of hydrogen-bond acceptors (Lipinski definition) is 3. The number of nitrogens with zero attached hydrogens (tertiary/aromatic N) is 1. The van der Waals surface area contributed by atoms with E-state index in [1.54, 1.807) is 12.1 Å². The number of H-pyrrole nitrogens is 2. The van der Waals surface area contributed by atoms with Crippen molar-refractivity contribution in [1.29, 1.82) is 0 Å². The number of carbonyl (C=O) groups excluding carboxylic acids is 1. The van der Waals surface area contributed by atoms with Crippen LogP contribution in [0.3, 0.4) is 0 Å². The summed E-state index contributed by atoms with van der Waals surface area (Å²) in [6.07, 6.45) is 2.48. The van der Waals surface area contributed by atoms with Crippen molar-refractivity contribution in [3.63, 3.8) is 0 Å². The van der Waals surface area contributed by atoms with Crippen molar-refractivity contribution in [3.8, 4) is 11.3 Å². The molecule has 3 aromatic rings. The minimum Gasteiger partial charge on any atom is -0.349 e. The van der Waals surface area contributed by atoms with Crippen LogP contribution >= 0.6 is 0 Å². The molecular formula is C23H25FN4O2. The fourth-order valence-electron chi connectivity index (χ4n) is 3.90. The van der Waals surface area contributed by atoms with Crippen molar-refractivity contribution in [3.05, 3.63) is 82.2 Å². The van der Waals surface area contributed by atoms with Crippen molar-refractivity contribution in [2.24, 2.45) is 0 Å². The first-order chi connectivity index (χ1) is 14.6. The molecule has 0 atom stereocenters. The van der Waals surface area contributed by atoms with Crippen LogP contribution in [-0.2, 0) is 6.42 Å². The number of nitrogens with one attached hydrogen (secondary N) is 3. The van der Waals surface area contributed by atoms with Gasteiger partial charge in [-0.25, -0.2) is 9.18 Å². The summed E-state index contributed by atoms with van der Waals surface area (Å²) in [5.41, 5.74) is 2.75. The summed E-state index contributed by atoms with van der Waals surface area (Å²) in [6, 6.07) is 15.5. The van der Waals surface area contributed by atoms with E-state index in [1.807, 2.05) is 30.3 Å². The number of aromatic nitrogens is 2. The van der Waals surface area contributed by atoms with Gasteiger partial charge in [-0.2, -0.15) is 0 Å². The number of imidazole rings is 1. The molecule has 0 radical (unpaired) electrons. The van der Waals surface area contributed by atoms with E-state index < -0.39 is 0 Å². The van der Waals surface area contributed by atoms with Crippen LogP contribution in [-0.4, -0.2) is 46.5 Å². The molecule has 1 amide bonds. The maximum atomic E-state index is 13.2. The van der Waals surface area contributed by atoms with Gasteiger partial charge in [-0.15, -0.1) is 0 Å². The lowest BCUT2D eigenvalue weighted by Crippen LogP contribution is -2.45. The molecule has 3 N–H and O–H groups in total. The predicted molar refractivity (Wildman–Crippen MR) is 114 cm³/mol. The first kappa shape index (κ1) is 20.1. The topological polar surface area (TPSA) is 81.0 Å². The smallest absolute Gasteiger partial charge is 0.323 e. The van der Waals surface area contributed by atoms with Crippen LogP contribution < -0.4 is 11.0 Å². The number of likely N-dealkylation sites (tertiary alicyclic amines) is 1. The molecule has 6 nitrogen and oxygen atoms in total. The molecule has 30 heavy (non-hydrogen) atoms. The zero-order valence-electron chi connectivity index (χ0n) is 16.7. The molecule has 2 aromatic carbocycles. The molecule has 0 unspecified atom stereocenters. The Morgan fingerprint density at radius 1 is 1.03 bits per heavy atom. The summed E-state index contributed by atoms with van der Waals surface area (Å²) in [7, 11) is 0. The second-order valence-electron chi connectivity index (χ2n) is 7.64. The van der Waals surface area contributed by atoms with Crippen LogP contribution in [0.15, 0.2) is 59.4 Å². The van der Waals surface area contributed by atoms with E-state index in [9.17, 15) is 14.0 Å². The van der Waals surface area contributed by atoms with E-state index in [1.165, 1.54) is 12.1 Å². The number of benzene rings is 2. The molecule has 2 heterocycles. The Morgan fingerprint density at radius 2 is 1.73 bits per heavy atom. The number of rotatable bonds is 6. The molecule has 0 saturated carbocycles. The van der Waals surface area contributed by atoms with E-state index in [4.69, 9.17) is 0 Å². The highest BCUT2D eigenvalue weighted by Gasteiger charge is 2.21. The molecule has 1 fully saturated rings. The highest BCUT2D eigenvalue weighted by molar-refractivity contribution is 5.94. The van der Waals surface area contributed by atoms with E-state index in [0.29, 0.717) is 17.7 Å². The van der Waals surface area contributed by atoms with Gasteiger partial charge in [0.05, 0.1) is 5.69 Å². The number of carbonyl (C=O) groups is 1. The fraction of sp³-hybridized carbons (Fsp3) is 0.304. The van der Waals surface area contributed by atoms with Gasteiger partial charge < -0.3 is 20.2 Å². The molecule has 0 aliphatic carbocycles. The van der Waals surface area contributed by atoms with Gasteiger partial charge in [0.2, 0.25) is 0 Å². The molecule has 156 valence electrons. The van der Waals surface area contributed by atoms with Crippen LogP contribution in [0.4, 0.5) is 4.39 Å². The van der Waals surface area contributed by atoms with Crippen molar-refractivity contribution in [2.45, 2.75) is 25.3 Å². The van der Waals surface area contributed by atoms with E-state index in [0.717, 1.165) is 43.7 Å². The number of piperidine rings is 1. The Labute approximate surface area is 174 Å². The van der Waals surface area contributed by atoms with E-state index in [-0.39, 0.29) is 23.5 Å². The molecule has 1 saturated heterocycles. The van der Waals surface area contributed by atoms with Gasteiger partial charge in [-0.1, -0.05) is 18.2 Å². The summed E-state index contributed by atoms with van der Waals surface area (Å²) in [4.78, 5) is 32.2. The molecule has 1 aliphatic rings. The lowest BCUT2D eigenvalue weighted by molar-refractivity contribution is 0.0911. The quantitative estimate of drug-likeness (QED) is 0.587. The summed E-state index contributed by atoms with van der Waals surface area (Å²) < 4.78 is 13.2. The highest BCUT2D eigenvalue weighted by atomic mass is 19.1. The molecule has 0 bridgehead atoms. The van der Waals surface area contributed by atoms with Gasteiger partial charge in [0.1, 0.15) is 5.82 Å². The Kier molecular flexibility index (Phi) is 6.09. The van der Waals surface area contributed by atoms with Crippen molar-refractivity contribution in [1.82, 2.24) is 20.2 Å². The second-order valence-corrected chi connectivity index (χ2v) is 7.64. The van der Waals surface area contributed by atoms with Crippen LogP contribution in [0.25, 0.3) is 11.3 Å². The van der Waals surface area contributed by atoms with E-state index >= 15 is 0 Å². The lowest BCUT2D eigenvalue weighted by Gasteiger charge is -2.32. The molecule has 0 spiro atoms. The first-order valence-electron chi connectivity index (χ1n) is 10.2. The van der Waals surface area contributed by atoms with Gasteiger partial charge in [-0.05, 0) is 49.2 Å². The Bertz CT molecular complexity index is 1040. The van der Waals surface area contributed by atoms with Gasteiger partial charge in [-0.3, -0.25) is 4.79 Å². The standard InChI is InChI=1S/C23H25FN4O2/c24-18-8-6-16(7-9-18)21-20(26-23(30)27-21)12-15-28-13-10-19(11-14-28)25-22(29)17-4-2-1-3-5-17/h1-9,19H,10-15H2,(H,25,29)(H2,26,27,30). The second kappa shape index (κ2) is 9.09. The van der Waals surface area contributed by atoms with Crippen LogP contribution in [0.5, 0.6) is 0 Å². The summed E-state index contributed by atoms with van der Waals surface area (Å²) in [6.45, 7) is 2.59. The predicted octanol–water partition coefficient (Wildman–Crippen LogP) is 2.95. The van der Waals surface area contributed by atoms with Crippen molar-refractivity contribution in [2.75, 3.05) is 19.6 Å². The summed E-state index contributed by atoms with van der Waals surface area (Å²) >= 11 is 0. The van der Waals surface area contributed by atoms with Gasteiger partial charge in [0.15, 0.2) is 0 Å². The lowest BCUT2D eigenvalue weighted by atomic mass is 10.0. The maximum absolute atomic E-state index is 13.2. The maximum Gasteiger partial charge on any atom is 0.323 e. The molecule has 4 rings (SSSR count). The largest absolute Gasteiger partial charge is 0.349 e. The molecule has 1 aromatic heterocycles. The van der Waals surface area contributed by atoms with Crippen molar-refractivity contribution < 1.29 is 9.18 Å². The molecule has 1 aliphatic heterocycles. The normalized spacial score (nSPS) is 15.2. The number of halogens is 1. The number of amides is 1. The van der Waals surface area contributed by atoms with Crippen LogP contribution in [0.1, 0.15) is 28.9 Å². The van der Waals surface area contributed by atoms with E-state index in [2.05, 4.69) is 20.2 Å². The summed E-state index contributed by atoms with van der Waals surface area (Å²) in [5, 5.41) is 3.12.